The van der Waals surface area contributed by atoms with Gasteiger partial charge < -0.3 is 14.5 Å². The third-order valence-electron chi connectivity index (χ3n) is 4.64. The van der Waals surface area contributed by atoms with Crippen LogP contribution in [0, 0.1) is 5.82 Å². The Morgan fingerprint density at radius 3 is 2.57 bits per heavy atom. The number of hydrogen-bond donors (Lipinski definition) is 0. The van der Waals surface area contributed by atoms with Gasteiger partial charge in [-0.05, 0) is 24.3 Å². The first-order valence-electron chi connectivity index (χ1n) is 9.00. The summed E-state index contributed by atoms with van der Waals surface area (Å²) in [5.41, 5.74) is 2.19. The monoisotopic (exact) mass is 398 g/mol. The smallest absolute Gasteiger partial charge is 0.260 e. The van der Waals surface area contributed by atoms with Crippen LogP contribution in [-0.2, 0) is 4.79 Å². The van der Waals surface area contributed by atoms with Gasteiger partial charge in [0.1, 0.15) is 11.5 Å². The molecule has 0 N–H and O–H groups in total. The van der Waals surface area contributed by atoms with Gasteiger partial charge >= 0.3 is 0 Å². The van der Waals surface area contributed by atoms with Gasteiger partial charge in [-0.15, -0.1) is 4.37 Å². The maximum Gasteiger partial charge on any atom is 0.260 e. The summed E-state index contributed by atoms with van der Waals surface area (Å²) in [5, 5.41) is 0. The van der Waals surface area contributed by atoms with Crippen molar-refractivity contribution < 1.29 is 13.9 Å². The topological polar surface area (TPSA) is 58.6 Å². The standard InChI is InChI=1S/C20H19FN4O2S/c21-16-6-4-5-15(13-16)19-20(23-28-22-19)27-14-18(26)25-11-9-24(10-12-25)17-7-2-1-3-8-17/h1-8,13H,9-12,14H2. The minimum Gasteiger partial charge on any atom is -0.465 e. The molecule has 6 nitrogen and oxygen atoms in total. The number of carbonyl (C=O) groups is 1. The van der Waals surface area contributed by atoms with Crippen molar-refractivity contribution >= 4 is 23.3 Å². The highest BCUT2D eigenvalue weighted by molar-refractivity contribution is 6.99. The first-order chi connectivity index (χ1) is 13.7. The molecule has 1 aromatic heterocycles. The molecule has 3 aromatic rings. The molecule has 0 saturated carbocycles. The molecule has 144 valence electrons. The Balaban J connectivity index is 1.33. The summed E-state index contributed by atoms with van der Waals surface area (Å²) >= 11 is 0.973. The molecule has 28 heavy (non-hydrogen) atoms. The summed E-state index contributed by atoms with van der Waals surface area (Å²) in [4.78, 5) is 16.6. The number of rotatable bonds is 5. The highest BCUT2D eigenvalue weighted by atomic mass is 32.1. The number of piperazine rings is 1. The lowest BCUT2D eigenvalue weighted by Gasteiger charge is -2.36. The summed E-state index contributed by atoms with van der Waals surface area (Å²) in [6.07, 6.45) is 0. The number of carbonyl (C=O) groups excluding carboxylic acids is 1. The fourth-order valence-corrected chi connectivity index (χ4v) is 3.68. The van der Waals surface area contributed by atoms with Crippen LogP contribution in [0.15, 0.2) is 54.6 Å². The predicted octanol–water partition coefficient (Wildman–Crippen LogP) is 3.07. The lowest BCUT2D eigenvalue weighted by molar-refractivity contribution is -0.133. The Kier molecular flexibility index (Phi) is 5.48. The predicted molar refractivity (Wildman–Crippen MR) is 106 cm³/mol. The number of anilines is 1. The quantitative estimate of drug-likeness (QED) is 0.661. The molecule has 0 spiro atoms. The zero-order chi connectivity index (χ0) is 19.3. The molecular formula is C20H19FN4O2S. The Bertz CT molecular complexity index is 942. The third-order valence-corrected chi connectivity index (χ3v) is 5.15. The number of aromatic nitrogens is 2. The minimum absolute atomic E-state index is 0.0918. The van der Waals surface area contributed by atoms with E-state index in [1.54, 1.807) is 17.0 Å². The molecular weight excluding hydrogens is 379 g/mol. The zero-order valence-corrected chi connectivity index (χ0v) is 15.9. The normalized spacial score (nSPS) is 14.2. The van der Waals surface area contributed by atoms with Gasteiger partial charge in [0, 0.05) is 37.4 Å². The van der Waals surface area contributed by atoms with Gasteiger partial charge in [-0.2, -0.15) is 4.37 Å². The first-order valence-corrected chi connectivity index (χ1v) is 9.73. The van der Waals surface area contributed by atoms with Crippen LogP contribution in [0.1, 0.15) is 0 Å². The Morgan fingerprint density at radius 1 is 1.04 bits per heavy atom. The van der Waals surface area contributed by atoms with E-state index in [-0.39, 0.29) is 24.2 Å². The van der Waals surface area contributed by atoms with Crippen LogP contribution < -0.4 is 9.64 Å². The average molecular weight is 398 g/mol. The van der Waals surface area contributed by atoms with Crippen molar-refractivity contribution in [3.05, 3.63) is 60.4 Å². The van der Waals surface area contributed by atoms with Crippen LogP contribution in [0.5, 0.6) is 5.88 Å². The van der Waals surface area contributed by atoms with Gasteiger partial charge in [-0.25, -0.2) is 4.39 Å². The fraction of sp³-hybridized carbons (Fsp3) is 0.250. The number of benzene rings is 2. The van der Waals surface area contributed by atoms with Crippen molar-refractivity contribution in [2.75, 3.05) is 37.7 Å². The summed E-state index contributed by atoms with van der Waals surface area (Å²) < 4.78 is 27.3. The van der Waals surface area contributed by atoms with E-state index in [0.29, 0.717) is 24.3 Å². The second kappa shape index (κ2) is 8.35. The van der Waals surface area contributed by atoms with Crippen molar-refractivity contribution in [1.82, 2.24) is 13.6 Å². The molecule has 1 aliphatic heterocycles. The fourth-order valence-electron chi connectivity index (χ4n) is 3.16. The molecule has 2 heterocycles. The summed E-state index contributed by atoms with van der Waals surface area (Å²) in [6, 6.07) is 16.2. The van der Waals surface area contributed by atoms with Gasteiger partial charge in [0.15, 0.2) is 6.61 Å². The van der Waals surface area contributed by atoms with Crippen LogP contribution in [0.3, 0.4) is 0 Å². The molecule has 0 radical (unpaired) electrons. The largest absolute Gasteiger partial charge is 0.465 e. The van der Waals surface area contributed by atoms with Crippen LogP contribution in [0.4, 0.5) is 10.1 Å². The second-order valence-electron chi connectivity index (χ2n) is 6.42. The number of ether oxygens (including phenoxy) is 1. The van der Waals surface area contributed by atoms with E-state index >= 15 is 0 Å². The molecule has 0 unspecified atom stereocenters. The number of amides is 1. The second-order valence-corrected chi connectivity index (χ2v) is 6.95. The number of nitrogens with zero attached hydrogens (tertiary/aromatic N) is 4. The molecule has 8 heteroatoms. The molecule has 1 aliphatic rings. The van der Waals surface area contributed by atoms with Crippen LogP contribution in [0.25, 0.3) is 11.3 Å². The van der Waals surface area contributed by atoms with E-state index < -0.39 is 0 Å². The summed E-state index contributed by atoms with van der Waals surface area (Å²) in [6.45, 7) is 2.73. The minimum atomic E-state index is -0.358. The SMILES string of the molecule is O=C(COc1nsnc1-c1cccc(F)c1)N1CCN(c2ccccc2)CC1. The molecule has 2 aromatic carbocycles. The molecule has 0 atom stereocenters. The first kappa shape index (κ1) is 18.4. The van der Waals surface area contributed by atoms with Gasteiger partial charge in [0.25, 0.3) is 11.8 Å². The molecule has 0 bridgehead atoms. The van der Waals surface area contributed by atoms with Gasteiger partial charge in [0.2, 0.25) is 0 Å². The van der Waals surface area contributed by atoms with Gasteiger partial charge in [-0.1, -0.05) is 30.3 Å². The van der Waals surface area contributed by atoms with Crippen molar-refractivity contribution in [1.29, 1.82) is 0 Å². The van der Waals surface area contributed by atoms with E-state index in [2.05, 4.69) is 25.8 Å². The van der Waals surface area contributed by atoms with Crippen molar-refractivity contribution in [3.63, 3.8) is 0 Å². The maximum atomic E-state index is 13.5. The highest BCUT2D eigenvalue weighted by Crippen LogP contribution is 2.28. The highest BCUT2D eigenvalue weighted by Gasteiger charge is 2.22. The third kappa shape index (κ3) is 4.12. The van der Waals surface area contributed by atoms with E-state index in [9.17, 15) is 9.18 Å². The van der Waals surface area contributed by atoms with Crippen LogP contribution in [-0.4, -0.2) is 52.3 Å². The summed E-state index contributed by atoms with van der Waals surface area (Å²) in [5.74, 6) is -0.193. The molecule has 0 aliphatic carbocycles. The maximum absolute atomic E-state index is 13.5. The number of hydrogen-bond acceptors (Lipinski definition) is 6. The molecule has 4 rings (SSSR count). The van der Waals surface area contributed by atoms with Crippen LogP contribution in [0.2, 0.25) is 0 Å². The lowest BCUT2D eigenvalue weighted by atomic mass is 10.1. The Hall–Kier alpha value is -3.00. The lowest BCUT2D eigenvalue weighted by Crippen LogP contribution is -2.50. The van der Waals surface area contributed by atoms with Crippen molar-refractivity contribution in [3.8, 4) is 17.1 Å². The number of para-hydroxylation sites is 1. The van der Waals surface area contributed by atoms with E-state index in [1.165, 1.54) is 17.8 Å². The Morgan fingerprint density at radius 2 is 1.82 bits per heavy atom. The van der Waals surface area contributed by atoms with E-state index in [4.69, 9.17) is 4.74 Å². The van der Waals surface area contributed by atoms with Gasteiger partial charge in [0.05, 0.1) is 11.7 Å². The average Bonchev–Trinajstić information content (AvgIpc) is 3.21. The molecule has 1 saturated heterocycles. The van der Waals surface area contributed by atoms with Crippen LogP contribution >= 0.6 is 11.7 Å². The van der Waals surface area contributed by atoms with E-state index in [0.717, 1.165) is 24.8 Å². The Labute approximate surface area is 166 Å². The zero-order valence-electron chi connectivity index (χ0n) is 15.1. The summed E-state index contributed by atoms with van der Waals surface area (Å²) in [7, 11) is 0. The van der Waals surface area contributed by atoms with Crippen molar-refractivity contribution in [2.45, 2.75) is 0 Å². The van der Waals surface area contributed by atoms with Crippen molar-refractivity contribution in [2.24, 2.45) is 0 Å². The van der Waals surface area contributed by atoms with E-state index in [1.807, 2.05) is 18.2 Å². The molecule has 1 amide bonds. The molecule has 1 fully saturated rings. The number of halogens is 1. The van der Waals surface area contributed by atoms with Gasteiger partial charge in [-0.3, -0.25) is 4.79 Å².